The number of likely N-dealkylation sites (N-methyl/N-ethyl adjacent to an activating group) is 1. The van der Waals surface area contributed by atoms with Crippen LogP contribution in [-0.2, 0) is 20.8 Å². The van der Waals surface area contributed by atoms with Crippen LogP contribution in [0.4, 0.5) is 0 Å². The minimum Gasteiger partial charge on any atom is -0.361 e. The van der Waals surface area contributed by atoms with Gasteiger partial charge in [-0.15, -0.1) is 0 Å². The maximum atomic E-state index is 12.8. The fraction of sp³-hybridized carbons (Fsp3) is 0.450. The molecular formula is C20H28N4O4. The first kappa shape index (κ1) is 21.4. The number of fused-ring (bicyclic) bond motifs is 1. The highest BCUT2D eigenvalue weighted by molar-refractivity contribution is 5.91. The van der Waals surface area contributed by atoms with Crippen molar-refractivity contribution in [3.8, 4) is 0 Å². The van der Waals surface area contributed by atoms with Gasteiger partial charge in [-0.1, -0.05) is 32.0 Å². The number of para-hydroxylation sites is 1. The first-order chi connectivity index (χ1) is 13.3. The van der Waals surface area contributed by atoms with Crippen LogP contribution in [0.25, 0.3) is 10.9 Å². The van der Waals surface area contributed by atoms with Gasteiger partial charge in [-0.3, -0.25) is 19.6 Å². The second-order valence-electron chi connectivity index (χ2n) is 7.30. The molecule has 0 aliphatic carbocycles. The van der Waals surface area contributed by atoms with Crippen molar-refractivity contribution >= 4 is 28.6 Å². The third-order valence-corrected chi connectivity index (χ3v) is 4.66. The molecule has 28 heavy (non-hydrogen) atoms. The third-order valence-electron chi connectivity index (χ3n) is 4.66. The van der Waals surface area contributed by atoms with E-state index in [0.717, 1.165) is 16.5 Å². The largest absolute Gasteiger partial charge is 0.361 e. The molecule has 2 rings (SSSR count). The number of hydroxylamine groups is 1. The van der Waals surface area contributed by atoms with Crippen molar-refractivity contribution in [2.75, 3.05) is 7.05 Å². The quantitative estimate of drug-likeness (QED) is 0.330. The number of carbonyl (C=O) groups is 3. The van der Waals surface area contributed by atoms with E-state index in [-0.39, 0.29) is 24.2 Å². The molecule has 3 amide bonds. The molecule has 2 atom stereocenters. The van der Waals surface area contributed by atoms with Gasteiger partial charge >= 0.3 is 0 Å². The van der Waals surface area contributed by atoms with E-state index in [0.29, 0.717) is 12.8 Å². The van der Waals surface area contributed by atoms with Gasteiger partial charge in [-0.25, -0.2) is 5.48 Å². The summed E-state index contributed by atoms with van der Waals surface area (Å²) in [6.45, 7) is 3.89. The van der Waals surface area contributed by atoms with Gasteiger partial charge in [0.15, 0.2) is 0 Å². The van der Waals surface area contributed by atoms with E-state index < -0.39 is 17.9 Å². The van der Waals surface area contributed by atoms with Crippen LogP contribution in [0.1, 0.15) is 32.3 Å². The molecule has 8 nitrogen and oxygen atoms in total. The van der Waals surface area contributed by atoms with Crippen LogP contribution in [0.2, 0.25) is 0 Å². The number of carbonyl (C=O) groups excluding carboxylic acids is 3. The monoisotopic (exact) mass is 388 g/mol. The summed E-state index contributed by atoms with van der Waals surface area (Å²) in [7, 11) is 1.52. The maximum absolute atomic E-state index is 12.8. The molecule has 0 unspecified atom stereocenters. The van der Waals surface area contributed by atoms with Crippen molar-refractivity contribution in [1.82, 2.24) is 21.1 Å². The molecule has 1 heterocycles. The molecule has 5 N–H and O–H groups in total. The van der Waals surface area contributed by atoms with E-state index in [2.05, 4.69) is 15.6 Å². The van der Waals surface area contributed by atoms with Gasteiger partial charge in [-0.05, 0) is 24.0 Å². The molecule has 8 heteroatoms. The number of benzene rings is 1. The van der Waals surface area contributed by atoms with Crippen LogP contribution in [0.3, 0.4) is 0 Å². The van der Waals surface area contributed by atoms with Crippen molar-refractivity contribution < 1.29 is 19.6 Å². The minimum atomic E-state index is -0.774. The fourth-order valence-corrected chi connectivity index (χ4v) is 3.32. The number of H-pyrrole nitrogens is 1. The van der Waals surface area contributed by atoms with E-state index in [1.807, 2.05) is 44.3 Å². The van der Waals surface area contributed by atoms with Gasteiger partial charge in [0.1, 0.15) is 6.04 Å². The molecule has 2 aromatic rings. The molecule has 0 saturated heterocycles. The number of hydrogen-bond acceptors (Lipinski definition) is 4. The number of hydrogen-bond donors (Lipinski definition) is 5. The average molecular weight is 388 g/mol. The zero-order valence-electron chi connectivity index (χ0n) is 16.4. The zero-order valence-corrected chi connectivity index (χ0v) is 16.4. The molecule has 0 spiro atoms. The molecule has 0 radical (unpaired) electrons. The second-order valence-corrected chi connectivity index (χ2v) is 7.30. The molecule has 0 fully saturated rings. The first-order valence-corrected chi connectivity index (χ1v) is 9.35. The lowest BCUT2D eigenvalue weighted by atomic mass is 9.92. The predicted molar refractivity (Wildman–Crippen MR) is 105 cm³/mol. The van der Waals surface area contributed by atoms with E-state index in [9.17, 15) is 14.4 Å². The van der Waals surface area contributed by atoms with Crippen molar-refractivity contribution in [2.45, 2.75) is 39.2 Å². The summed E-state index contributed by atoms with van der Waals surface area (Å²) in [5.74, 6) is -1.79. The van der Waals surface area contributed by atoms with E-state index in [1.165, 1.54) is 7.05 Å². The number of aromatic amines is 1. The van der Waals surface area contributed by atoms with Crippen molar-refractivity contribution in [3.63, 3.8) is 0 Å². The van der Waals surface area contributed by atoms with Gasteiger partial charge in [0.05, 0.1) is 0 Å². The second kappa shape index (κ2) is 9.89. The van der Waals surface area contributed by atoms with Gasteiger partial charge < -0.3 is 15.6 Å². The molecule has 1 aromatic heterocycles. The molecule has 0 bridgehead atoms. The van der Waals surface area contributed by atoms with Gasteiger partial charge in [0, 0.05) is 42.9 Å². The smallest absolute Gasteiger partial charge is 0.244 e. The maximum Gasteiger partial charge on any atom is 0.244 e. The minimum absolute atomic E-state index is 0.145. The van der Waals surface area contributed by atoms with Gasteiger partial charge in [0.25, 0.3) is 0 Å². The van der Waals surface area contributed by atoms with Crippen LogP contribution >= 0.6 is 0 Å². The SMILES string of the molecule is CNC(=O)[C@H](Cc1c[nH]c2ccccc12)NC(=O)[C@H](CC(=O)NO)CC(C)C. The standard InChI is InChI=1S/C20H28N4O4/c1-12(2)8-13(10-18(25)24-28)19(26)23-17(20(27)21-3)9-14-11-22-16-7-5-4-6-15(14)16/h4-7,11-13,17,22,28H,8-10H2,1-3H3,(H,21,27)(H,23,26)(H,24,25)/t13-,17-/m0/s1. The Balaban J connectivity index is 2.18. The predicted octanol–water partition coefficient (Wildman–Crippen LogP) is 1.50. The highest BCUT2D eigenvalue weighted by Crippen LogP contribution is 2.20. The normalized spacial score (nSPS) is 13.2. The van der Waals surface area contributed by atoms with Crippen LogP contribution in [-0.4, -0.2) is 41.0 Å². The van der Waals surface area contributed by atoms with E-state index in [1.54, 1.807) is 5.48 Å². The Kier molecular flexibility index (Phi) is 7.57. The lowest BCUT2D eigenvalue weighted by Crippen LogP contribution is -2.49. The van der Waals surface area contributed by atoms with E-state index in [4.69, 9.17) is 5.21 Å². The molecule has 0 aliphatic rings. The third kappa shape index (κ3) is 5.56. The van der Waals surface area contributed by atoms with Crippen molar-refractivity contribution in [1.29, 1.82) is 0 Å². The molecule has 0 saturated carbocycles. The Morgan fingerprint density at radius 1 is 1.14 bits per heavy atom. The Bertz CT molecular complexity index is 830. The summed E-state index contributed by atoms with van der Waals surface area (Å²) in [5, 5.41) is 15.1. The number of nitrogens with one attached hydrogen (secondary N) is 4. The summed E-state index contributed by atoms with van der Waals surface area (Å²) in [6, 6.07) is 6.96. The Labute approximate surface area is 164 Å². The summed E-state index contributed by atoms with van der Waals surface area (Å²) < 4.78 is 0. The van der Waals surface area contributed by atoms with Gasteiger partial charge in [0.2, 0.25) is 17.7 Å². The Morgan fingerprint density at radius 3 is 2.50 bits per heavy atom. The summed E-state index contributed by atoms with van der Waals surface area (Å²) in [5.41, 5.74) is 3.44. The summed E-state index contributed by atoms with van der Waals surface area (Å²) in [6.07, 6.45) is 2.47. The molecule has 1 aromatic carbocycles. The number of rotatable bonds is 9. The molecule has 152 valence electrons. The topological polar surface area (TPSA) is 123 Å². The van der Waals surface area contributed by atoms with Crippen LogP contribution in [0.15, 0.2) is 30.5 Å². The zero-order chi connectivity index (χ0) is 20.7. The molecule has 0 aliphatic heterocycles. The lowest BCUT2D eigenvalue weighted by molar-refractivity contribution is -0.136. The molecular weight excluding hydrogens is 360 g/mol. The Morgan fingerprint density at radius 2 is 1.86 bits per heavy atom. The summed E-state index contributed by atoms with van der Waals surface area (Å²) >= 11 is 0. The van der Waals surface area contributed by atoms with Crippen molar-refractivity contribution in [3.05, 3.63) is 36.0 Å². The number of aromatic nitrogens is 1. The lowest BCUT2D eigenvalue weighted by Gasteiger charge is -2.22. The fourth-order valence-electron chi connectivity index (χ4n) is 3.32. The van der Waals surface area contributed by atoms with E-state index >= 15 is 0 Å². The Hall–Kier alpha value is -2.87. The highest BCUT2D eigenvalue weighted by atomic mass is 16.5. The summed E-state index contributed by atoms with van der Waals surface area (Å²) in [4.78, 5) is 39.9. The first-order valence-electron chi connectivity index (χ1n) is 9.35. The van der Waals surface area contributed by atoms with Crippen LogP contribution < -0.4 is 16.1 Å². The number of amides is 3. The van der Waals surface area contributed by atoms with Gasteiger partial charge in [-0.2, -0.15) is 0 Å². The highest BCUT2D eigenvalue weighted by Gasteiger charge is 2.28. The average Bonchev–Trinajstić information content (AvgIpc) is 3.08. The van der Waals surface area contributed by atoms with Crippen LogP contribution in [0.5, 0.6) is 0 Å². The van der Waals surface area contributed by atoms with Crippen molar-refractivity contribution in [2.24, 2.45) is 11.8 Å². The van der Waals surface area contributed by atoms with Crippen LogP contribution in [0, 0.1) is 11.8 Å².